The molecule has 0 radical (unpaired) electrons. The summed E-state index contributed by atoms with van der Waals surface area (Å²) in [6.45, 7) is -0.0191. The second-order valence-corrected chi connectivity index (χ2v) is 4.31. The van der Waals surface area contributed by atoms with Crippen LogP contribution in [0.3, 0.4) is 0 Å². The summed E-state index contributed by atoms with van der Waals surface area (Å²) in [6.07, 6.45) is 0. The molecule has 0 unspecified atom stereocenters. The number of rotatable bonds is 4. The van der Waals surface area contributed by atoms with Crippen molar-refractivity contribution in [1.82, 2.24) is 0 Å². The van der Waals surface area contributed by atoms with Gasteiger partial charge in [0.25, 0.3) is 0 Å². The monoisotopic (exact) mass is 264 g/mol. The lowest BCUT2D eigenvalue weighted by molar-refractivity contribution is 0.0976. The summed E-state index contributed by atoms with van der Waals surface area (Å²) < 4.78 is 5.48. The van der Waals surface area contributed by atoms with Crippen LogP contribution in [0.25, 0.3) is 11.0 Å². The molecule has 0 atom stereocenters. The smallest absolute Gasteiger partial charge is 0.221 e. The molecular formula is C16H12N2O2. The highest BCUT2D eigenvalue weighted by atomic mass is 16.3. The van der Waals surface area contributed by atoms with Gasteiger partial charge in [0, 0.05) is 5.39 Å². The molecule has 0 amide bonds. The van der Waals surface area contributed by atoms with E-state index in [1.165, 1.54) is 0 Å². The quantitative estimate of drug-likeness (QED) is 0.518. The lowest BCUT2D eigenvalue weighted by Crippen LogP contribution is -2.00. The van der Waals surface area contributed by atoms with Gasteiger partial charge in [-0.2, -0.15) is 10.2 Å². The Morgan fingerprint density at radius 2 is 1.75 bits per heavy atom. The van der Waals surface area contributed by atoms with E-state index in [0.29, 0.717) is 11.3 Å². The highest BCUT2D eigenvalue weighted by Crippen LogP contribution is 2.19. The van der Waals surface area contributed by atoms with Crippen LogP contribution in [0.1, 0.15) is 10.6 Å². The lowest BCUT2D eigenvalue weighted by Gasteiger charge is -1.91. The number of nitrogens with zero attached hydrogens (tertiary/aromatic N) is 2. The van der Waals surface area contributed by atoms with Gasteiger partial charge in [-0.15, -0.1) is 0 Å². The first-order valence-electron chi connectivity index (χ1n) is 6.27. The van der Waals surface area contributed by atoms with Crippen LogP contribution in [0, 0.1) is 0 Å². The number of benzene rings is 2. The maximum Gasteiger partial charge on any atom is 0.221 e. The summed E-state index contributed by atoms with van der Waals surface area (Å²) in [5, 5.41) is 8.80. The second kappa shape index (κ2) is 5.48. The van der Waals surface area contributed by atoms with Crippen LogP contribution in [0.2, 0.25) is 0 Å². The minimum atomic E-state index is -0.180. The van der Waals surface area contributed by atoms with Crippen molar-refractivity contribution in [3.8, 4) is 0 Å². The van der Waals surface area contributed by atoms with E-state index in [1.54, 1.807) is 6.07 Å². The number of Topliss-reactive ketones (excluding diaryl/α,β-unsaturated/α-hetero) is 1. The zero-order chi connectivity index (χ0) is 13.8. The molecule has 3 rings (SSSR count). The Balaban J connectivity index is 1.71. The van der Waals surface area contributed by atoms with Gasteiger partial charge in [0.2, 0.25) is 5.78 Å². The Hall–Kier alpha value is -2.75. The van der Waals surface area contributed by atoms with Gasteiger partial charge < -0.3 is 4.42 Å². The first kappa shape index (κ1) is 12.3. The number of hydrogen-bond acceptors (Lipinski definition) is 4. The van der Waals surface area contributed by atoms with Gasteiger partial charge in [0.05, 0.1) is 5.69 Å². The van der Waals surface area contributed by atoms with E-state index in [1.807, 2.05) is 54.6 Å². The van der Waals surface area contributed by atoms with Gasteiger partial charge in [-0.25, -0.2) is 0 Å². The second-order valence-electron chi connectivity index (χ2n) is 4.31. The molecule has 1 aromatic heterocycles. The summed E-state index contributed by atoms with van der Waals surface area (Å²) in [5.41, 5.74) is 1.43. The van der Waals surface area contributed by atoms with Crippen LogP contribution in [0.4, 0.5) is 5.69 Å². The molecule has 98 valence electrons. The fourth-order valence-electron chi connectivity index (χ4n) is 1.87. The summed E-state index contributed by atoms with van der Waals surface area (Å²) in [7, 11) is 0. The average molecular weight is 264 g/mol. The van der Waals surface area contributed by atoms with Gasteiger partial charge in [0.15, 0.2) is 5.76 Å². The van der Waals surface area contributed by atoms with Crippen LogP contribution in [-0.4, -0.2) is 12.3 Å². The molecule has 0 saturated carbocycles. The van der Waals surface area contributed by atoms with Gasteiger partial charge in [-0.3, -0.25) is 4.79 Å². The highest BCUT2D eigenvalue weighted by molar-refractivity contribution is 5.98. The van der Waals surface area contributed by atoms with Crippen LogP contribution in [-0.2, 0) is 0 Å². The van der Waals surface area contributed by atoms with Crippen LogP contribution >= 0.6 is 0 Å². The van der Waals surface area contributed by atoms with Gasteiger partial charge in [-0.05, 0) is 24.3 Å². The van der Waals surface area contributed by atoms with Crippen molar-refractivity contribution in [1.29, 1.82) is 0 Å². The van der Waals surface area contributed by atoms with Crippen LogP contribution < -0.4 is 0 Å². The topological polar surface area (TPSA) is 54.9 Å². The van der Waals surface area contributed by atoms with Crippen molar-refractivity contribution < 1.29 is 9.21 Å². The van der Waals surface area contributed by atoms with Gasteiger partial charge in [0.1, 0.15) is 12.1 Å². The molecular weight excluding hydrogens is 252 g/mol. The SMILES string of the molecule is O=C(CN=Nc1ccccc1)c1cc2ccccc2o1. The molecule has 2 aromatic carbocycles. The zero-order valence-electron chi connectivity index (χ0n) is 10.7. The molecule has 3 aromatic rings. The van der Waals surface area contributed by atoms with Gasteiger partial charge >= 0.3 is 0 Å². The Kier molecular flexibility index (Phi) is 3.37. The van der Waals surface area contributed by atoms with Crippen molar-refractivity contribution in [3.05, 3.63) is 66.4 Å². The Labute approximate surface area is 115 Å². The minimum absolute atomic E-state index is 0.0191. The number of furan rings is 1. The summed E-state index contributed by atoms with van der Waals surface area (Å²) in [4.78, 5) is 12.0. The first-order chi connectivity index (χ1) is 9.83. The molecule has 0 N–H and O–H groups in total. The summed E-state index contributed by atoms with van der Waals surface area (Å²) in [6, 6.07) is 18.5. The highest BCUT2D eigenvalue weighted by Gasteiger charge is 2.11. The molecule has 0 aliphatic carbocycles. The van der Waals surface area contributed by atoms with Crippen molar-refractivity contribution in [2.45, 2.75) is 0 Å². The van der Waals surface area contributed by atoms with Crippen molar-refractivity contribution >= 4 is 22.4 Å². The van der Waals surface area contributed by atoms with Crippen LogP contribution in [0.15, 0.2) is 75.3 Å². The maximum atomic E-state index is 12.0. The van der Waals surface area contributed by atoms with Crippen molar-refractivity contribution in [3.63, 3.8) is 0 Å². The molecule has 1 heterocycles. The lowest BCUT2D eigenvalue weighted by atomic mass is 10.2. The molecule has 0 spiro atoms. The van der Waals surface area contributed by atoms with E-state index < -0.39 is 0 Å². The van der Waals surface area contributed by atoms with Crippen molar-refractivity contribution in [2.75, 3.05) is 6.54 Å². The molecule has 4 nitrogen and oxygen atoms in total. The molecule has 0 saturated heterocycles. The molecule has 0 bridgehead atoms. The third-order valence-electron chi connectivity index (χ3n) is 2.86. The van der Waals surface area contributed by atoms with E-state index >= 15 is 0 Å². The number of azo groups is 1. The van der Waals surface area contributed by atoms with Gasteiger partial charge in [-0.1, -0.05) is 36.4 Å². The van der Waals surface area contributed by atoms with E-state index in [9.17, 15) is 4.79 Å². The fourth-order valence-corrected chi connectivity index (χ4v) is 1.87. The van der Waals surface area contributed by atoms with E-state index in [4.69, 9.17) is 4.42 Å². The molecule has 4 heteroatoms. The Morgan fingerprint density at radius 3 is 2.55 bits per heavy atom. The minimum Gasteiger partial charge on any atom is -0.453 e. The number of carbonyl (C=O) groups excluding carboxylic acids is 1. The zero-order valence-corrected chi connectivity index (χ0v) is 10.7. The number of carbonyl (C=O) groups is 1. The van der Waals surface area contributed by atoms with E-state index in [2.05, 4.69) is 10.2 Å². The third kappa shape index (κ3) is 2.64. The molecule has 0 fully saturated rings. The number of fused-ring (bicyclic) bond motifs is 1. The average Bonchev–Trinajstić information content (AvgIpc) is 2.92. The van der Waals surface area contributed by atoms with E-state index in [-0.39, 0.29) is 12.3 Å². The molecule has 0 aliphatic rings. The Bertz CT molecular complexity index is 727. The standard InChI is InChI=1S/C16H12N2O2/c19-14(11-17-18-13-7-2-1-3-8-13)16-10-12-6-4-5-9-15(12)20-16/h1-10H,11H2. The summed E-state index contributed by atoms with van der Waals surface area (Å²) in [5.74, 6) is 0.138. The first-order valence-corrected chi connectivity index (χ1v) is 6.27. The summed E-state index contributed by atoms with van der Waals surface area (Å²) >= 11 is 0. The fraction of sp³-hybridized carbons (Fsp3) is 0.0625. The Morgan fingerprint density at radius 1 is 1.00 bits per heavy atom. The van der Waals surface area contributed by atoms with Crippen LogP contribution in [0.5, 0.6) is 0 Å². The number of para-hydroxylation sites is 1. The molecule has 0 aliphatic heterocycles. The largest absolute Gasteiger partial charge is 0.453 e. The number of ketones is 1. The normalized spacial score (nSPS) is 11.2. The van der Waals surface area contributed by atoms with Crippen molar-refractivity contribution in [2.24, 2.45) is 10.2 Å². The van der Waals surface area contributed by atoms with E-state index in [0.717, 1.165) is 11.1 Å². The maximum absolute atomic E-state index is 12.0. The molecule has 20 heavy (non-hydrogen) atoms. The predicted molar refractivity (Wildman–Crippen MR) is 76.4 cm³/mol. The number of hydrogen-bond donors (Lipinski definition) is 0. The third-order valence-corrected chi connectivity index (χ3v) is 2.86. The predicted octanol–water partition coefficient (Wildman–Crippen LogP) is 4.40.